The average molecular weight is 859 g/mol. The summed E-state index contributed by atoms with van der Waals surface area (Å²) in [4.78, 5) is 44.7. The van der Waals surface area contributed by atoms with E-state index in [1.54, 1.807) is 0 Å². The van der Waals surface area contributed by atoms with E-state index in [0.717, 1.165) is 38.7 Å². The Kier molecular flexibility index (Phi) is 17.1. The highest BCUT2D eigenvalue weighted by Gasteiger charge is 2.40. The van der Waals surface area contributed by atoms with Crippen LogP contribution in [-0.4, -0.2) is 47.4 Å². The molecule has 2 amide bonds. The number of hydrogen-bond donors (Lipinski definition) is 4. The molecule has 13 heteroatoms. The lowest BCUT2D eigenvalue weighted by atomic mass is 10.0. The van der Waals surface area contributed by atoms with Crippen LogP contribution in [0.3, 0.4) is 0 Å². The number of ether oxygens (including phenoxy) is 2. The third-order valence-corrected chi connectivity index (χ3v) is 12.3. The van der Waals surface area contributed by atoms with Gasteiger partial charge in [-0.2, -0.15) is 0 Å². The van der Waals surface area contributed by atoms with Crippen LogP contribution in [0.4, 0.5) is 4.79 Å². The Morgan fingerprint density at radius 3 is 1.68 bits per heavy atom. The molecule has 12 nitrogen and oxygen atoms in total. The summed E-state index contributed by atoms with van der Waals surface area (Å²) in [6.07, 6.45) is 1.64. The number of esters is 1. The Morgan fingerprint density at radius 2 is 1.13 bits per heavy atom. The van der Waals surface area contributed by atoms with E-state index in [2.05, 4.69) is 20.9 Å². The lowest BCUT2D eigenvalue weighted by Crippen LogP contribution is -2.54. The van der Waals surface area contributed by atoms with Gasteiger partial charge in [-0.25, -0.2) is 9.59 Å². The van der Waals surface area contributed by atoms with Gasteiger partial charge in [0.25, 0.3) is 0 Å². The zero-order valence-corrected chi connectivity index (χ0v) is 36.0. The first-order valence-electron chi connectivity index (χ1n) is 20.9. The van der Waals surface area contributed by atoms with Crippen LogP contribution in [0.1, 0.15) is 54.5 Å². The molecule has 0 fully saturated rings. The molecule has 0 saturated heterocycles. The number of hydrogen-bond acceptors (Lipinski definition) is 9. The minimum Gasteiger partial charge on any atom is -0.459 e. The molecule has 0 saturated carbocycles. The minimum absolute atomic E-state index is 0.00366. The molecule has 3 atom stereocenters. The van der Waals surface area contributed by atoms with Crippen LogP contribution in [0.5, 0.6) is 0 Å². The quantitative estimate of drug-likeness (QED) is 0.0364. The van der Waals surface area contributed by atoms with E-state index >= 15 is 4.57 Å². The largest absolute Gasteiger partial charge is 0.459 e. The van der Waals surface area contributed by atoms with E-state index in [1.807, 2.05) is 166 Å². The number of benzene rings is 5. The number of alkyl carbamates (subject to hydrolysis) is 1. The number of carbonyl (C=O) groups is 3. The zero-order valence-electron chi connectivity index (χ0n) is 35.1. The van der Waals surface area contributed by atoms with Crippen molar-refractivity contribution in [1.82, 2.24) is 20.9 Å². The summed E-state index contributed by atoms with van der Waals surface area (Å²) in [6, 6.07) is 42.9. The summed E-state index contributed by atoms with van der Waals surface area (Å²) in [5.41, 5.74) is 4.88. The number of aromatic amines is 1. The summed E-state index contributed by atoms with van der Waals surface area (Å²) < 4.78 is 39.1. The van der Waals surface area contributed by atoms with Crippen molar-refractivity contribution in [2.24, 2.45) is 5.92 Å². The Bertz CT molecular complexity index is 2300. The monoisotopic (exact) mass is 858 g/mol. The van der Waals surface area contributed by atoms with Crippen molar-refractivity contribution in [3.05, 3.63) is 180 Å². The van der Waals surface area contributed by atoms with E-state index in [1.165, 1.54) is 0 Å². The molecule has 6 aromatic rings. The molecule has 0 aliphatic heterocycles. The van der Waals surface area contributed by atoms with E-state index in [-0.39, 0.29) is 51.7 Å². The van der Waals surface area contributed by atoms with Crippen LogP contribution in [0.15, 0.2) is 152 Å². The van der Waals surface area contributed by atoms with Gasteiger partial charge in [0.1, 0.15) is 25.0 Å². The molecule has 4 N–H and O–H groups in total. The topological polar surface area (TPSA) is 157 Å². The van der Waals surface area contributed by atoms with Gasteiger partial charge in [-0.3, -0.25) is 14.7 Å². The smallest absolute Gasteiger partial charge is 0.407 e. The van der Waals surface area contributed by atoms with Gasteiger partial charge in [0.15, 0.2) is 0 Å². The van der Waals surface area contributed by atoms with Crippen molar-refractivity contribution in [1.29, 1.82) is 0 Å². The summed E-state index contributed by atoms with van der Waals surface area (Å²) >= 11 is 0. The first-order chi connectivity index (χ1) is 30.1. The lowest BCUT2D eigenvalue weighted by Gasteiger charge is -2.32. The van der Waals surface area contributed by atoms with E-state index in [9.17, 15) is 14.4 Å². The second-order valence-corrected chi connectivity index (χ2v) is 17.6. The number of para-hydroxylation sites is 1. The highest BCUT2D eigenvalue weighted by molar-refractivity contribution is 7.54. The van der Waals surface area contributed by atoms with Crippen LogP contribution in [0.2, 0.25) is 0 Å². The van der Waals surface area contributed by atoms with E-state index in [4.69, 9.17) is 18.5 Å². The highest BCUT2D eigenvalue weighted by Crippen LogP contribution is 2.55. The van der Waals surface area contributed by atoms with Crippen LogP contribution in [0.25, 0.3) is 10.9 Å². The predicted molar refractivity (Wildman–Crippen MR) is 240 cm³/mol. The number of aromatic nitrogens is 1. The normalized spacial score (nSPS) is 13.0. The second kappa shape index (κ2) is 23.3. The fourth-order valence-corrected chi connectivity index (χ4v) is 8.78. The summed E-state index contributed by atoms with van der Waals surface area (Å²) in [5.74, 6) is -2.22. The maximum absolute atomic E-state index is 15.3. The molecule has 5 aromatic carbocycles. The van der Waals surface area contributed by atoms with Gasteiger partial charge in [0, 0.05) is 30.1 Å². The van der Waals surface area contributed by atoms with Gasteiger partial charge in [0.2, 0.25) is 5.91 Å². The second-order valence-electron chi connectivity index (χ2n) is 15.4. The standard InChI is InChI=1S/C49H55N4O8P/c1-36(2)29-44(47(54)53-45(48(55)58-32-37-17-7-3-8-18-37)30-41-31-51-43-26-16-15-25-42(41)43)52-46(27-28-50-49(56)59-33-38-19-9-4-10-20-38)62(57,60-34-39-21-11-5-12-22-39)61-35-40-23-13-6-14-24-40/h3-26,31,36,44-46,51-52H,27-30,32-35H2,1-2H3,(H,50,56)(H,53,54)/t44-,45-,46?/m0/s1. The van der Waals surface area contributed by atoms with Crippen molar-refractivity contribution in [2.75, 3.05) is 6.54 Å². The molecule has 324 valence electrons. The van der Waals surface area contributed by atoms with Gasteiger partial charge < -0.3 is 34.1 Å². The molecule has 62 heavy (non-hydrogen) atoms. The van der Waals surface area contributed by atoms with E-state index < -0.39 is 43.4 Å². The van der Waals surface area contributed by atoms with Crippen LogP contribution >= 0.6 is 7.60 Å². The van der Waals surface area contributed by atoms with Gasteiger partial charge >= 0.3 is 19.7 Å². The molecule has 0 radical (unpaired) electrons. The van der Waals surface area contributed by atoms with Crippen LogP contribution < -0.4 is 16.0 Å². The number of nitrogens with one attached hydrogen (secondary N) is 4. The summed E-state index contributed by atoms with van der Waals surface area (Å²) in [5, 5.41) is 10.0. The molecule has 1 unspecified atom stereocenters. The van der Waals surface area contributed by atoms with Crippen LogP contribution in [0, 0.1) is 5.92 Å². The van der Waals surface area contributed by atoms with Gasteiger partial charge in [-0.05, 0) is 52.6 Å². The van der Waals surface area contributed by atoms with Gasteiger partial charge in [-0.1, -0.05) is 153 Å². The average Bonchev–Trinajstić information content (AvgIpc) is 3.71. The fourth-order valence-electron chi connectivity index (χ4n) is 6.88. The van der Waals surface area contributed by atoms with Crippen molar-refractivity contribution in [3.63, 3.8) is 0 Å². The maximum atomic E-state index is 15.3. The number of H-pyrrole nitrogens is 1. The molecule has 1 aromatic heterocycles. The molecular weight excluding hydrogens is 804 g/mol. The summed E-state index contributed by atoms with van der Waals surface area (Å²) in [6.45, 7) is 3.95. The number of amides is 2. The Balaban J connectivity index is 1.26. The van der Waals surface area contributed by atoms with Crippen molar-refractivity contribution >= 4 is 36.5 Å². The molecule has 0 bridgehead atoms. The Hall–Kier alpha value is -6.04. The highest BCUT2D eigenvalue weighted by atomic mass is 31.2. The number of rotatable bonds is 23. The molecular formula is C49H55N4O8P. The third kappa shape index (κ3) is 14.0. The minimum atomic E-state index is -4.17. The number of fused-ring (bicyclic) bond motifs is 1. The maximum Gasteiger partial charge on any atom is 0.407 e. The fraction of sp³-hybridized carbons (Fsp3) is 0.286. The Morgan fingerprint density at radius 1 is 0.629 bits per heavy atom. The first-order valence-corrected chi connectivity index (χ1v) is 22.5. The van der Waals surface area contributed by atoms with Crippen LogP contribution in [-0.2, 0) is 65.5 Å². The predicted octanol–water partition coefficient (Wildman–Crippen LogP) is 9.21. The van der Waals surface area contributed by atoms with Crippen molar-refractivity contribution < 1.29 is 37.5 Å². The molecule has 0 aliphatic rings. The molecule has 0 spiro atoms. The third-order valence-electron chi connectivity index (χ3n) is 10.1. The summed E-state index contributed by atoms with van der Waals surface area (Å²) in [7, 11) is -4.17. The molecule has 1 heterocycles. The number of carbonyl (C=O) groups excluding carboxylic acids is 3. The van der Waals surface area contributed by atoms with Crippen molar-refractivity contribution in [2.45, 2.75) is 77.4 Å². The molecule has 6 rings (SSSR count). The van der Waals surface area contributed by atoms with Gasteiger partial charge in [0.05, 0.1) is 19.3 Å². The first kappa shape index (κ1) is 45.5. The van der Waals surface area contributed by atoms with Crippen molar-refractivity contribution in [3.8, 4) is 0 Å². The SMILES string of the molecule is CC(C)C[C@H](NC(CCNC(=O)OCc1ccccc1)P(=O)(OCc1ccccc1)OCc1ccccc1)C(=O)N[C@@H](Cc1c[nH]c2ccccc12)C(=O)OCc1ccccc1. The Labute approximate surface area is 363 Å². The zero-order chi connectivity index (χ0) is 43.6. The van der Waals surface area contributed by atoms with E-state index in [0.29, 0.717) is 6.42 Å². The van der Waals surface area contributed by atoms with Gasteiger partial charge in [-0.15, -0.1) is 0 Å². The lowest BCUT2D eigenvalue weighted by molar-refractivity contribution is -0.149. The molecule has 0 aliphatic carbocycles.